The Morgan fingerprint density at radius 3 is 1.46 bits per heavy atom. The first-order valence-electron chi connectivity index (χ1n) is 10.6. The number of rotatable bonds is 7. The van der Waals surface area contributed by atoms with Crippen molar-refractivity contribution in [3.05, 3.63) is 83.4 Å². The maximum atomic E-state index is 13.4. The Morgan fingerprint density at radius 1 is 0.615 bits per heavy atom. The van der Waals surface area contributed by atoms with E-state index in [4.69, 9.17) is 0 Å². The number of halogens is 6. The Labute approximate surface area is 220 Å². The van der Waals surface area contributed by atoms with Gasteiger partial charge in [0.15, 0.2) is 0 Å². The van der Waals surface area contributed by atoms with Gasteiger partial charge in [0.05, 0.1) is 37.0 Å². The molecule has 1 N–H and O–H groups in total. The molecule has 0 heterocycles. The van der Waals surface area contributed by atoms with E-state index in [-0.39, 0.29) is 6.07 Å². The van der Waals surface area contributed by atoms with Crippen molar-refractivity contribution in [2.45, 2.75) is 44.9 Å². The van der Waals surface area contributed by atoms with E-state index in [2.05, 4.69) is 4.72 Å². The van der Waals surface area contributed by atoms with E-state index in [1.54, 1.807) is 0 Å². The highest BCUT2D eigenvalue weighted by atomic mass is 32.2. The number of sulfonamides is 1. The Kier molecular flexibility index (Phi) is 8.02. The number of hydrogen-bond donors (Lipinski definition) is 1. The summed E-state index contributed by atoms with van der Waals surface area (Å²) >= 11 is 0. The highest BCUT2D eigenvalue weighted by Crippen LogP contribution is 2.38. The summed E-state index contributed by atoms with van der Waals surface area (Å²) in [4.78, 5) is -3.71. The molecule has 0 aromatic heterocycles. The van der Waals surface area contributed by atoms with E-state index in [1.165, 1.54) is 19.1 Å². The van der Waals surface area contributed by atoms with Crippen molar-refractivity contribution in [3.63, 3.8) is 0 Å². The van der Waals surface area contributed by atoms with Gasteiger partial charge in [0.25, 0.3) is 0 Å². The SMILES string of the molecule is C[C@H](NS(C)(=O)=O)c1ccc(S(=O)(=O)c2ccc(C(F)(F)F)cc2S(=O)(=O)c2ccc(C(F)(F)F)cc2)cc1. The highest BCUT2D eigenvalue weighted by Gasteiger charge is 2.37. The maximum absolute atomic E-state index is 13.4. The van der Waals surface area contributed by atoms with Gasteiger partial charge in [-0.25, -0.2) is 30.0 Å². The number of benzene rings is 3. The Balaban J connectivity index is 2.17. The third-order valence-corrected chi connectivity index (χ3v) is 9.97. The first kappa shape index (κ1) is 30.6. The zero-order valence-electron chi connectivity index (χ0n) is 19.9. The van der Waals surface area contributed by atoms with E-state index >= 15 is 0 Å². The van der Waals surface area contributed by atoms with E-state index in [9.17, 15) is 51.6 Å². The minimum absolute atomic E-state index is 0.104. The smallest absolute Gasteiger partial charge is 0.218 e. The summed E-state index contributed by atoms with van der Waals surface area (Å²) in [6.07, 6.45) is -8.99. The van der Waals surface area contributed by atoms with E-state index in [0.717, 1.165) is 18.4 Å². The first-order valence-corrected chi connectivity index (χ1v) is 15.5. The first-order chi connectivity index (χ1) is 17.6. The Morgan fingerprint density at radius 2 is 1.03 bits per heavy atom. The molecule has 16 heteroatoms. The van der Waals surface area contributed by atoms with Crippen LogP contribution in [0.4, 0.5) is 26.3 Å². The number of sulfone groups is 2. The molecule has 0 amide bonds. The summed E-state index contributed by atoms with van der Waals surface area (Å²) in [5.41, 5.74) is -2.40. The van der Waals surface area contributed by atoms with Crippen LogP contribution in [0.3, 0.4) is 0 Å². The molecule has 0 unspecified atom stereocenters. The van der Waals surface area contributed by atoms with Gasteiger partial charge in [-0.15, -0.1) is 0 Å². The quantitative estimate of drug-likeness (QED) is 0.375. The zero-order chi connectivity index (χ0) is 29.6. The number of alkyl halides is 6. The molecule has 3 aromatic carbocycles. The Bertz CT molecular complexity index is 1700. The average molecular weight is 616 g/mol. The molecule has 212 valence electrons. The second-order valence-corrected chi connectivity index (χ2v) is 14.0. The predicted octanol–water partition coefficient (Wildman–Crippen LogP) is 5.00. The Hall–Kier alpha value is -2.95. The fourth-order valence-corrected chi connectivity index (χ4v) is 7.64. The monoisotopic (exact) mass is 615 g/mol. The lowest BCUT2D eigenvalue weighted by Gasteiger charge is -2.16. The van der Waals surface area contributed by atoms with Crippen LogP contribution < -0.4 is 4.72 Å². The lowest BCUT2D eigenvalue weighted by molar-refractivity contribution is -0.138. The molecule has 0 bridgehead atoms. The summed E-state index contributed by atoms with van der Waals surface area (Å²) < 4.78 is 157. The summed E-state index contributed by atoms with van der Waals surface area (Å²) in [5, 5.41) is 0. The van der Waals surface area contributed by atoms with Crippen molar-refractivity contribution in [2.75, 3.05) is 6.26 Å². The maximum Gasteiger partial charge on any atom is 0.416 e. The summed E-state index contributed by atoms with van der Waals surface area (Å²) in [6, 6.07) is 6.45. The van der Waals surface area contributed by atoms with Crippen molar-refractivity contribution in [2.24, 2.45) is 0 Å². The molecule has 1 atom stereocenters. The highest BCUT2D eigenvalue weighted by molar-refractivity contribution is 7.94. The molecular formula is C23H19F6NO6S3. The van der Waals surface area contributed by atoms with Gasteiger partial charge < -0.3 is 0 Å². The van der Waals surface area contributed by atoms with Crippen LogP contribution in [0.2, 0.25) is 0 Å². The standard InChI is InChI=1S/C23H19F6NO6S3/c1-14(30-37(2,31)32)15-3-8-18(9-4-15)38(33,34)20-12-7-17(23(27,28)29)13-21(20)39(35,36)19-10-5-16(6-11-19)22(24,25)26/h3-14,30H,1-2H3/t14-/m0/s1. The summed E-state index contributed by atoms with van der Waals surface area (Å²) in [6.45, 7) is 1.47. The van der Waals surface area contributed by atoms with Gasteiger partial charge in [-0.1, -0.05) is 12.1 Å². The van der Waals surface area contributed by atoms with Gasteiger partial charge >= 0.3 is 12.4 Å². The van der Waals surface area contributed by atoms with Gasteiger partial charge in [0.2, 0.25) is 29.7 Å². The van der Waals surface area contributed by atoms with E-state index in [0.29, 0.717) is 42.0 Å². The molecule has 0 fully saturated rings. The molecule has 0 aliphatic carbocycles. The van der Waals surface area contributed by atoms with Crippen molar-refractivity contribution in [1.29, 1.82) is 0 Å². The van der Waals surface area contributed by atoms with Crippen molar-refractivity contribution >= 4 is 29.7 Å². The zero-order valence-corrected chi connectivity index (χ0v) is 22.3. The topological polar surface area (TPSA) is 114 Å². The normalized spacial score (nSPS) is 14.3. The van der Waals surface area contributed by atoms with Gasteiger partial charge in [-0.3, -0.25) is 0 Å². The third-order valence-electron chi connectivity index (χ3n) is 5.42. The summed E-state index contributed by atoms with van der Waals surface area (Å²) in [5.74, 6) is 0. The molecule has 0 aliphatic rings. The van der Waals surface area contributed by atoms with E-state index < -0.39 is 78.8 Å². The van der Waals surface area contributed by atoms with Gasteiger partial charge in [0, 0.05) is 6.04 Å². The molecule has 3 rings (SSSR count). The molecule has 0 radical (unpaired) electrons. The van der Waals surface area contributed by atoms with Crippen LogP contribution >= 0.6 is 0 Å². The largest absolute Gasteiger partial charge is 0.416 e. The van der Waals surface area contributed by atoms with Gasteiger partial charge in [0.1, 0.15) is 0 Å². The molecule has 7 nitrogen and oxygen atoms in total. The molecule has 0 saturated heterocycles. The van der Waals surface area contributed by atoms with Crippen LogP contribution in [-0.4, -0.2) is 31.5 Å². The van der Waals surface area contributed by atoms with Crippen LogP contribution in [-0.2, 0) is 42.1 Å². The minimum Gasteiger partial charge on any atom is -0.218 e. The molecule has 39 heavy (non-hydrogen) atoms. The van der Waals surface area contributed by atoms with Crippen molar-refractivity contribution in [1.82, 2.24) is 4.72 Å². The van der Waals surface area contributed by atoms with Crippen LogP contribution in [0.5, 0.6) is 0 Å². The van der Waals surface area contributed by atoms with Crippen LogP contribution in [0.1, 0.15) is 29.7 Å². The van der Waals surface area contributed by atoms with Gasteiger partial charge in [-0.2, -0.15) is 26.3 Å². The summed E-state index contributed by atoms with van der Waals surface area (Å²) in [7, 11) is -13.5. The molecule has 0 spiro atoms. The van der Waals surface area contributed by atoms with Crippen LogP contribution in [0, 0.1) is 0 Å². The third kappa shape index (κ3) is 6.80. The molecular weight excluding hydrogens is 596 g/mol. The second kappa shape index (κ2) is 10.2. The number of nitrogens with one attached hydrogen (secondary N) is 1. The van der Waals surface area contributed by atoms with Crippen LogP contribution in [0.25, 0.3) is 0 Å². The second-order valence-electron chi connectivity index (χ2n) is 8.37. The predicted molar refractivity (Wildman–Crippen MR) is 127 cm³/mol. The molecule has 3 aromatic rings. The van der Waals surface area contributed by atoms with Crippen molar-refractivity contribution in [3.8, 4) is 0 Å². The molecule has 0 aliphatic heterocycles. The average Bonchev–Trinajstić information content (AvgIpc) is 2.81. The van der Waals surface area contributed by atoms with Crippen molar-refractivity contribution < 1.29 is 51.6 Å². The fourth-order valence-electron chi connectivity index (χ4n) is 3.52. The number of hydrogen-bond acceptors (Lipinski definition) is 6. The molecule has 0 saturated carbocycles. The fraction of sp³-hybridized carbons (Fsp3) is 0.217. The van der Waals surface area contributed by atoms with Gasteiger partial charge in [-0.05, 0) is 67.1 Å². The van der Waals surface area contributed by atoms with E-state index in [1.807, 2.05) is 0 Å². The lowest BCUT2D eigenvalue weighted by Crippen LogP contribution is -2.25. The van der Waals surface area contributed by atoms with Crippen LogP contribution in [0.15, 0.2) is 86.3 Å². The lowest BCUT2D eigenvalue weighted by atomic mass is 10.1. The minimum atomic E-state index is -5.07.